The fraction of sp³-hybridized carbons (Fsp3) is 1.00. The van der Waals surface area contributed by atoms with Crippen LogP contribution in [0.3, 0.4) is 0 Å². The Kier molecular flexibility index (Phi) is 2.90. The van der Waals surface area contributed by atoms with E-state index in [1.807, 2.05) is 0 Å². The van der Waals surface area contributed by atoms with Gasteiger partial charge in [-0.3, -0.25) is 0 Å². The Hall–Kier alpha value is -0.0800. The zero-order valence-electron chi connectivity index (χ0n) is 7.56. The fourth-order valence-electron chi connectivity index (χ4n) is 2.19. The molecule has 11 heavy (non-hydrogen) atoms. The van der Waals surface area contributed by atoms with Crippen LogP contribution in [0, 0.1) is 11.3 Å². The topological polar surface area (TPSA) is 32.3 Å². The third-order valence-electron chi connectivity index (χ3n) is 3.26. The maximum atomic E-state index is 8.69. The molecule has 0 aromatic carbocycles. The van der Waals surface area contributed by atoms with Crippen LogP contribution in [0.2, 0.25) is 0 Å². The summed E-state index contributed by atoms with van der Waals surface area (Å²) in [6, 6.07) is 0. The highest BCUT2D eigenvalue weighted by Gasteiger charge is 2.36. The van der Waals surface area contributed by atoms with Crippen molar-refractivity contribution in [3.8, 4) is 0 Å². The molecule has 0 bridgehead atoms. The molecule has 0 radical (unpaired) electrons. The predicted molar refractivity (Wildman–Crippen MR) is 45.5 cm³/mol. The Morgan fingerprint density at radius 1 is 1.36 bits per heavy atom. The minimum Gasteiger partial charge on any atom is -0.317 e. The Labute approximate surface area is 69.0 Å². The van der Waals surface area contributed by atoms with Gasteiger partial charge in [-0.25, -0.2) is 5.48 Å². The molecule has 2 nitrogen and oxygen atoms in total. The van der Waals surface area contributed by atoms with E-state index in [4.69, 9.17) is 5.21 Å². The van der Waals surface area contributed by atoms with E-state index < -0.39 is 0 Å². The van der Waals surface area contributed by atoms with Crippen molar-refractivity contribution in [1.82, 2.24) is 5.48 Å². The molecule has 1 rings (SSSR count). The highest BCUT2D eigenvalue weighted by molar-refractivity contribution is 4.88. The highest BCUT2D eigenvalue weighted by Crippen LogP contribution is 2.43. The molecule has 1 saturated carbocycles. The fourth-order valence-corrected chi connectivity index (χ4v) is 2.19. The lowest BCUT2D eigenvalue weighted by Crippen LogP contribution is -2.34. The van der Waals surface area contributed by atoms with E-state index in [0.29, 0.717) is 11.3 Å². The minimum absolute atomic E-state index is 0.384. The Morgan fingerprint density at radius 2 is 1.91 bits per heavy atom. The Bertz CT molecular complexity index is 117. The molecule has 0 aromatic heterocycles. The third kappa shape index (κ3) is 1.74. The van der Waals surface area contributed by atoms with Gasteiger partial charge in [0.25, 0.3) is 0 Å². The standard InChI is InChI=1S/C9H19NO/c1-8(2)9(7-10-11)5-3-4-6-9/h8,10-11H,3-7H2,1-2H3. The lowest BCUT2D eigenvalue weighted by Gasteiger charge is -2.32. The van der Waals surface area contributed by atoms with E-state index in [-0.39, 0.29) is 0 Å². The molecule has 0 aromatic rings. The molecule has 2 heteroatoms. The zero-order chi connectivity index (χ0) is 8.32. The largest absolute Gasteiger partial charge is 0.317 e. The minimum atomic E-state index is 0.384. The molecule has 0 saturated heterocycles. The molecule has 2 N–H and O–H groups in total. The summed E-state index contributed by atoms with van der Waals surface area (Å²) in [6.07, 6.45) is 5.22. The van der Waals surface area contributed by atoms with Gasteiger partial charge in [-0.1, -0.05) is 26.7 Å². The van der Waals surface area contributed by atoms with Crippen LogP contribution in [-0.2, 0) is 0 Å². The second-order valence-electron chi connectivity index (χ2n) is 4.06. The van der Waals surface area contributed by atoms with Crippen LogP contribution in [0.25, 0.3) is 0 Å². The van der Waals surface area contributed by atoms with E-state index in [1.165, 1.54) is 25.7 Å². The van der Waals surface area contributed by atoms with Gasteiger partial charge in [-0.2, -0.15) is 0 Å². The van der Waals surface area contributed by atoms with Gasteiger partial charge in [-0.05, 0) is 24.2 Å². The molecule has 1 aliphatic rings. The lowest BCUT2D eigenvalue weighted by molar-refractivity contribution is 0.0831. The molecule has 0 atom stereocenters. The van der Waals surface area contributed by atoms with Crippen molar-refractivity contribution in [2.45, 2.75) is 39.5 Å². The van der Waals surface area contributed by atoms with Crippen LogP contribution in [0.4, 0.5) is 0 Å². The lowest BCUT2D eigenvalue weighted by atomic mass is 9.76. The first-order chi connectivity index (χ1) is 5.21. The second-order valence-corrected chi connectivity index (χ2v) is 4.06. The molecular weight excluding hydrogens is 138 g/mol. The highest BCUT2D eigenvalue weighted by atomic mass is 16.5. The van der Waals surface area contributed by atoms with Crippen LogP contribution >= 0.6 is 0 Å². The Balaban J connectivity index is 2.55. The maximum absolute atomic E-state index is 8.69. The summed E-state index contributed by atoms with van der Waals surface area (Å²) < 4.78 is 0. The summed E-state index contributed by atoms with van der Waals surface area (Å²) in [5, 5.41) is 8.69. The van der Waals surface area contributed by atoms with E-state index in [0.717, 1.165) is 6.54 Å². The van der Waals surface area contributed by atoms with E-state index in [9.17, 15) is 0 Å². The maximum Gasteiger partial charge on any atom is 0.0266 e. The molecule has 0 unspecified atom stereocenters. The summed E-state index contributed by atoms with van der Waals surface area (Å²) in [5.41, 5.74) is 2.72. The summed E-state index contributed by atoms with van der Waals surface area (Å²) in [6.45, 7) is 5.27. The van der Waals surface area contributed by atoms with Crippen molar-refractivity contribution in [2.24, 2.45) is 11.3 Å². The van der Waals surface area contributed by atoms with E-state index >= 15 is 0 Å². The van der Waals surface area contributed by atoms with Crippen molar-refractivity contribution >= 4 is 0 Å². The summed E-state index contributed by atoms with van der Waals surface area (Å²) in [4.78, 5) is 0. The van der Waals surface area contributed by atoms with Gasteiger partial charge in [0.1, 0.15) is 0 Å². The SMILES string of the molecule is CC(C)C1(CNO)CCCC1. The smallest absolute Gasteiger partial charge is 0.0266 e. The average Bonchev–Trinajstić information content (AvgIpc) is 2.38. The number of rotatable bonds is 3. The van der Waals surface area contributed by atoms with Gasteiger partial charge < -0.3 is 5.21 Å². The molecule has 0 aliphatic heterocycles. The molecule has 0 spiro atoms. The molecule has 1 fully saturated rings. The third-order valence-corrected chi connectivity index (χ3v) is 3.26. The summed E-state index contributed by atoms with van der Waals surface area (Å²) in [5.74, 6) is 0.685. The van der Waals surface area contributed by atoms with Gasteiger partial charge in [0.2, 0.25) is 0 Å². The number of nitrogens with one attached hydrogen (secondary N) is 1. The second kappa shape index (κ2) is 3.55. The van der Waals surface area contributed by atoms with Gasteiger partial charge >= 0.3 is 0 Å². The quantitative estimate of drug-likeness (QED) is 0.615. The first-order valence-electron chi connectivity index (χ1n) is 4.58. The van der Waals surface area contributed by atoms with Crippen LogP contribution in [0.5, 0.6) is 0 Å². The van der Waals surface area contributed by atoms with Gasteiger partial charge in [0.15, 0.2) is 0 Å². The number of hydrogen-bond acceptors (Lipinski definition) is 2. The van der Waals surface area contributed by atoms with E-state index in [1.54, 1.807) is 0 Å². The molecule has 66 valence electrons. The first kappa shape index (κ1) is 9.01. The average molecular weight is 157 g/mol. The first-order valence-corrected chi connectivity index (χ1v) is 4.58. The molecule has 0 amide bonds. The van der Waals surface area contributed by atoms with Gasteiger partial charge in [0.05, 0.1) is 0 Å². The van der Waals surface area contributed by atoms with Crippen molar-refractivity contribution in [3.05, 3.63) is 0 Å². The van der Waals surface area contributed by atoms with Crippen LogP contribution in [0.15, 0.2) is 0 Å². The van der Waals surface area contributed by atoms with Crippen LogP contribution < -0.4 is 5.48 Å². The number of hydrogen-bond donors (Lipinski definition) is 2. The van der Waals surface area contributed by atoms with Crippen molar-refractivity contribution in [3.63, 3.8) is 0 Å². The Morgan fingerprint density at radius 3 is 2.27 bits per heavy atom. The van der Waals surface area contributed by atoms with E-state index in [2.05, 4.69) is 19.3 Å². The monoisotopic (exact) mass is 157 g/mol. The number of hydroxylamine groups is 1. The van der Waals surface area contributed by atoms with Gasteiger partial charge in [0, 0.05) is 6.54 Å². The molecular formula is C9H19NO. The summed E-state index contributed by atoms with van der Waals surface area (Å²) >= 11 is 0. The zero-order valence-corrected chi connectivity index (χ0v) is 7.56. The normalized spacial score (nSPS) is 22.9. The predicted octanol–water partition coefficient (Wildman–Crippen LogP) is 2.18. The van der Waals surface area contributed by atoms with Crippen molar-refractivity contribution in [1.29, 1.82) is 0 Å². The van der Waals surface area contributed by atoms with Crippen LogP contribution in [0.1, 0.15) is 39.5 Å². The van der Waals surface area contributed by atoms with Gasteiger partial charge in [-0.15, -0.1) is 0 Å². The van der Waals surface area contributed by atoms with Crippen molar-refractivity contribution < 1.29 is 5.21 Å². The van der Waals surface area contributed by atoms with Crippen LogP contribution in [-0.4, -0.2) is 11.8 Å². The molecule has 0 heterocycles. The van der Waals surface area contributed by atoms with Crippen molar-refractivity contribution in [2.75, 3.05) is 6.54 Å². The molecule has 1 aliphatic carbocycles. The summed E-state index contributed by atoms with van der Waals surface area (Å²) in [7, 11) is 0.